The van der Waals surface area contributed by atoms with E-state index in [1.165, 1.54) is 25.7 Å². The lowest BCUT2D eigenvalue weighted by Gasteiger charge is -2.22. The largest absolute Gasteiger partial charge is 0.481 e. The van der Waals surface area contributed by atoms with Gasteiger partial charge in [-0.1, -0.05) is 43.2 Å². The summed E-state index contributed by atoms with van der Waals surface area (Å²) in [5.41, 5.74) is 1.25. The van der Waals surface area contributed by atoms with Crippen molar-refractivity contribution >= 4 is 18.0 Å². The van der Waals surface area contributed by atoms with Gasteiger partial charge in [0, 0.05) is 18.7 Å². The number of amides is 1. The van der Waals surface area contributed by atoms with E-state index in [1.807, 2.05) is 35.2 Å². The molecule has 2 atom stereocenters. The van der Waals surface area contributed by atoms with E-state index in [2.05, 4.69) is 0 Å². The van der Waals surface area contributed by atoms with Gasteiger partial charge in [-0.3, -0.25) is 9.59 Å². The molecule has 1 aromatic rings. The Labute approximate surface area is 136 Å². The molecule has 122 valence electrons. The molecule has 4 heteroatoms. The summed E-state index contributed by atoms with van der Waals surface area (Å²) in [5.74, 6) is 0.147. The van der Waals surface area contributed by atoms with Crippen LogP contribution in [0.15, 0.2) is 35.9 Å². The van der Waals surface area contributed by atoms with E-state index < -0.39 is 5.97 Å². The third-order valence-electron chi connectivity index (χ3n) is 5.02. The van der Waals surface area contributed by atoms with Crippen molar-refractivity contribution in [3.63, 3.8) is 0 Å². The fourth-order valence-corrected chi connectivity index (χ4v) is 3.88. The zero-order chi connectivity index (χ0) is 16.2. The Morgan fingerprint density at radius 2 is 1.70 bits per heavy atom. The van der Waals surface area contributed by atoms with E-state index in [4.69, 9.17) is 5.11 Å². The number of hydrogen-bond acceptors (Lipinski definition) is 2. The van der Waals surface area contributed by atoms with E-state index >= 15 is 0 Å². The molecule has 2 unspecified atom stereocenters. The minimum absolute atomic E-state index is 0.106. The number of fused-ring (bicyclic) bond motifs is 1. The summed E-state index contributed by atoms with van der Waals surface area (Å²) in [7, 11) is 0. The molecule has 1 saturated heterocycles. The summed E-state index contributed by atoms with van der Waals surface area (Å²) in [5, 5.41) is 9.15. The van der Waals surface area contributed by atoms with Crippen LogP contribution in [0.5, 0.6) is 0 Å². The molecule has 1 aliphatic carbocycles. The van der Waals surface area contributed by atoms with E-state index in [0.717, 1.165) is 18.7 Å². The Bertz CT molecular complexity index is 594. The summed E-state index contributed by atoms with van der Waals surface area (Å²) in [6.07, 6.45) is 6.41. The first kappa shape index (κ1) is 15.8. The van der Waals surface area contributed by atoms with E-state index in [0.29, 0.717) is 17.4 Å². The molecule has 1 heterocycles. The van der Waals surface area contributed by atoms with Crippen LogP contribution in [0.25, 0.3) is 6.08 Å². The van der Waals surface area contributed by atoms with Crippen molar-refractivity contribution < 1.29 is 14.7 Å². The molecule has 1 saturated carbocycles. The highest BCUT2D eigenvalue weighted by Crippen LogP contribution is 2.36. The van der Waals surface area contributed by atoms with Crippen LogP contribution >= 0.6 is 0 Å². The highest BCUT2D eigenvalue weighted by atomic mass is 16.4. The number of aliphatic carboxylic acids is 1. The van der Waals surface area contributed by atoms with Crippen molar-refractivity contribution in [2.45, 2.75) is 32.1 Å². The Hall–Kier alpha value is -2.10. The second-order valence-electron chi connectivity index (χ2n) is 6.67. The molecule has 2 aliphatic rings. The minimum atomic E-state index is -0.961. The van der Waals surface area contributed by atoms with Crippen molar-refractivity contribution in [3.8, 4) is 0 Å². The maximum Gasteiger partial charge on any atom is 0.308 e. The number of nitrogens with zero attached hydrogens (tertiary/aromatic N) is 1. The Balaban J connectivity index is 1.78. The number of likely N-dealkylation sites (tertiary alicyclic amines) is 1. The van der Waals surface area contributed by atoms with Crippen molar-refractivity contribution in [3.05, 3.63) is 41.5 Å². The average Bonchev–Trinajstić information content (AvgIpc) is 2.98. The van der Waals surface area contributed by atoms with Crippen LogP contribution in [0, 0.1) is 11.8 Å². The maximum absolute atomic E-state index is 12.8. The van der Waals surface area contributed by atoms with Gasteiger partial charge >= 0.3 is 5.97 Å². The van der Waals surface area contributed by atoms with E-state index in [9.17, 15) is 9.59 Å². The van der Waals surface area contributed by atoms with Crippen LogP contribution in [0.4, 0.5) is 0 Å². The normalized spacial score (nSPS) is 24.3. The number of carbonyl (C=O) groups excluding carboxylic acids is 1. The molecular formula is C19H23NO3. The summed E-state index contributed by atoms with van der Waals surface area (Å²) >= 11 is 0. The Morgan fingerprint density at radius 1 is 1.09 bits per heavy atom. The quantitative estimate of drug-likeness (QED) is 0.869. The predicted octanol–water partition coefficient (Wildman–Crippen LogP) is 3.19. The molecule has 0 bridgehead atoms. The van der Waals surface area contributed by atoms with Crippen LogP contribution in [-0.4, -0.2) is 35.0 Å². The van der Waals surface area contributed by atoms with Crippen LogP contribution in [-0.2, 0) is 9.59 Å². The summed E-state index contributed by atoms with van der Waals surface area (Å²) in [6.45, 7) is 1.57. The predicted molar refractivity (Wildman–Crippen MR) is 88.7 cm³/mol. The molecule has 0 aromatic heterocycles. The number of rotatable bonds is 4. The molecule has 0 radical (unpaired) electrons. The smallest absolute Gasteiger partial charge is 0.308 e. The van der Waals surface area contributed by atoms with Gasteiger partial charge in [-0.05, 0) is 36.3 Å². The number of carboxylic acids is 1. The first-order valence-corrected chi connectivity index (χ1v) is 8.40. The van der Waals surface area contributed by atoms with Crippen LogP contribution < -0.4 is 0 Å². The lowest BCUT2D eigenvalue weighted by Crippen LogP contribution is -2.31. The van der Waals surface area contributed by atoms with Crippen LogP contribution in [0.2, 0.25) is 0 Å². The lowest BCUT2D eigenvalue weighted by atomic mass is 9.82. The summed E-state index contributed by atoms with van der Waals surface area (Å²) < 4.78 is 0. The summed E-state index contributed by atoms with van der Waals surface area (Å²) in [4.78, 5) is 25.9. The molecule has 1 N–H and O–H groups in total. The van der Waals surface area contributed by atoms with E-state index in [-0.39, 0.29) is 12.3 Å². The lowest BCUT2D eigenvalue weighted by molar-refractivity contribution is -0.137. The molecule has 1 aromatic carbocycles. The van der Waals surface area contributed by atoms with Crippen molar-refractivity contribution in [2.75, 3.05) is 13.1 Å². The monoisotopic (exact) mass is 313 g/mol. The van der Waals surface area contributed by atoms with Crippen molar-refractivity contribution in [1.82, 2.24) is 4.90 Å². The first-order chi connectivity index (χ1) is 11.1. The maximum atomic E-state index is 12.8. The zero-order valence-electron chi connectivity index (χ0n) is 13.3. The fourth-order valence-electron chi connectivity index (χ4n) is 3.88. The highest BCUT2D eigenvalue weighted by Gasteiger charge is 2.37. The van der Waals surface area contributed by atoms with Gasteiger partial charge in [-0.25, -0.2) is 0 Å². The third-order valence-corrected chi connectivity index (χ3v) is 5.02. The summed E-state index contributed by atoms with van der Waals surface area (Å²) in [6, 6.07) is 9.46. The number of benzene rings is 1. The number of hydrogen-bond donors (Lipinski definition) is 1. The van der Waals surface area contributed by atoms with Gasteiger partial charge in [-0.15, -0.1) is 0 Å². The van der Waals surface area contributed by atoms with Gasteiger partial charge in [0.25, 0.3) is 0 Å². The van der Waals surface area contributed by atoms with Gasteiger partial charge in [-0.2, -0.15) is 0 Å². The van der Waals surface area contributed by atoms with Gasteiger partial charge in [0.2, 0.25) is 5.91 Å². The minimum Gasteiger partial charge on any atom is -0.481 e. The molecule has 1 aliphatic heterocycles. The topological polar surface area (TPSA) is 57.6 Å². The van der Waals surface area contributed by atoms with Gasteiger partial charge < -0.3 is 10.0 Å². The number of carbonyl (C=O) groups is 2. The number of carboxylic acid groups (broad SMARTS) is 1. The molecule has 1 amide bonds. The molecule has 23 heavy (non-hydrogen) atoms. The standard InChI is InChI=1S/C19H23NO3/c21-18(22)11-17(10-14-6-2-1-3-7-14)19(23)20-12-15-8-4-5-9-16(15)13-20/h1-3,6-7,10,15-16H,4-5,8-9,11-13H2,(H,21,22). The zero-order valence-corrected chi connectivity index (χ0v) is 13.3. The Kier molecular flexibility index (Phi) is 4.79. The van der Waals surface area contributed by atoms with Crippen LogP contribution in [0.3, 0.4) is 0 Å². The highest BCUT2D eigenvalue weighted by molar-refractivity contribution is 6.01. The molecule has 4 nitrogen and oxygen atoms in total. The molecular weight excluding hydrogens is 290 g/mol. The van der Waals surface area contributed by atoms with E-state index in [1.54, 1.807) is 6.08 Å². The van der Waals surface area contributed by atoms with Crippen LogP contribution in [0.1, 0.15) is 37.7 Å². The Morgan fingerprint density at radius 3 is 2.26 bits per heavy atom. The van der Waals surface area contributed by atoms with Crippen molar-refractivity contribution in [2.24, 2.45) is 11.8 Å². The average molecular weight is 313 g/mol. The van der Waals surface area contributed by atoms with Gasteiger partial charge in [0.1, 0.15) is 0 Å². The molecule has 3 rings (SSSR count). The fraction of sp³-hybridized carbons (Fsp3) is 0.474. The second kappa shape index (κ2) is 6.99. The second-order valence-corrected chi connectivity index (χ2v) is 6.67. The first-order valence-electron chi connectivity index (χ1n) is 8.40. The van der Waals surface area contributed by atoms with Gasteiger partial charge in [0.15, 0.2) is 0 Å². The van der Waals surface area contributed by atoms with Crippen molar-refractivity contribution in [1.29, 1.82) is 0 Å². The SMILES string of the molecule is O=C(O)CC(=Cc1ccccc1)C(=O)N1CC2CCCCC2C1. The van der Waals surface area contributed by atoms with Gasteiger partial charge in [0.05, 0.1) is 6.42 Å². The molecule has 2 fully saturated rings. The molecule has 0 spiro atoms. The third kappa shape index (κ3) is 3.81.